The average molecular weight is 268 g/mol. The predicted octanol–water partition coefficient (Wildman–Crippen LogP) is 2.38. The minimum absolute atomic E-state index is 0.0417. The summed E-state index contributed by atoms with van der Waals surface area (Å²) in [5.41, 5.74) is 0. The molecule has 0 saturated carbocycles. The van der Waals surface area contributed by atoms with E-state index in [4.69, 9.17) is 4.42 Å². The number of alkyl halides is 2. The number of carbonyl (C=O) groups excluding carboxylic acids is 1. The highest BCUT2D eigenvalue weighted by Gasteiger charge is 2.18. The van der Waals surface area contributed by atoms with Gasteiger partial charge in [-0.15, -0.1) is 0 Å². The van der Waals surface area contributed by atoms with Crippen molar-refractivity contribution >= 4 is 21.8 Å². The molecule has 1 heterocycles. The number of furan rings is 1. The van der Waals surface area contributed by atoms with Gasteiger partial charge < -0.3 is 9.32 Å². The molecule has 1 aromatic heterocycles. The number of hydrogen-bond acceptors (Lipinski definition) is 2. The van der Waals surface area contributed by atoms with Gasteiger partial charge in [0, 0.05) is 7.05 Å². The van der Waals surface area contributed by atoms with Crippen molar-refractivity contribution in [1.82, 2.24) is 4.90 Å². The van der Waals surface area contributed by atoms with Gasteiger partial charge in [-0.1, -0.05) is 0 Å². The zero-order chi connectivity index (χ0) is 10.7. The molecule has 0 unspecified atom stereocenters. The van der Waals surface area contributed by atoms with Gasteiger partial charge in [0.15, 0.2) is 10.4 Å². The van der Waals surface area contributed by atoms with Crippen molar-refractivity contribution in [3.8, 4) is 0 Å². The number of rotatable bonds is 3. The summed E-state index contributed by atoms with van der Waals surface area (Å²) in [4.78, 5) is 12.3. The smallest absolute Gasteiger partial charge is 0.289 e. The Balaban J connectivity index is 2.65. The molecule has 0 saturated heterocycles. The number of halogens is 3. The molecule has 1 aromatic rings. The second-order valence-electron chi connectivity index (χ2n) is 2.68. The molecule has 0 atom stereocenters. The highest BCUT2D eigenvalue weighted by Crippen LogP contribution is 2.15. The molecule has 1 amide bonds. The van der Waals surface area contributed by atoms with Gasteiger partial charge in [-0.3, -0.25) is 4.79 Å². The first-order chi connectivity index (χ1) is 6.50. The number of nitrogens with zero attached hydrogens (tertiary/aromatic N) is 1. The largest absolute Gasteiger partial charge is 0.444 e. The Morgan fingerprint density at radius 2 is 2.29 bits per heavy atom. The monoisotopic (exact) mass is 267 g/mol. The van der Waals surface area contributed by atoms with Crippen LogP contribution < -0.4 is 0 Å². The van der Waals surface area contributed by atoms with Crippen LogP contribution in [0.15, 0.2) is 21.2 Å². The van der Waals surface area contributed by atoms with Crippen molar-refractivity contribution in [2.45, 2.75) is 6.43 Å². The highest BCUT2D eigenvalue weighted by atomic mass is 79.9. The average Bonchev–Trinajstić information content (AvgIpc) is 2.49. The van der Waals surface area contributed by atoms with Gasteiger partial charge in [-0.2, -0.15) is 0 Å². The molecule has 0 aliphatic rings. The van der Waals surface area contributed by atoms with Crippen LogP contribution in [0.2, 0.25) is 0 Å². The molecular weight excluding hydrogens is 260 g/mol. The molecule has 0 aliphatic carbocycles. The number of carbonyl (C=O) groups is 1. The summed E-state index contributed by atoms with van der Waals surface area (Å²) in [6, 6.07) is 2.96. The second kappa shape index (κ2) is 4.54. The van der Waals surface area contributed by atoms with Gasteiger partial charge >= 0.3 is 0 Å². The molecule has 6 heteroatoms. The van der Waals surface area contributed by atoms with Crippen molar-refractivity contribution in [3.05, 3.63) is 22.6 Å². The van der Waals surface area contributed by atoms with E-state index in [1.54, 1.807) is 0 Å². The van der Waals surface area contributed by atoms with Gasteiger partial charge in [-0.25, -0.2) is 8.78 Å². The fraction of sp³-hybridized carbons (Fsp3) is 0.375. The van der Waals surface area contributed by atoms with Gasteiger partial charge in [0.25, 0.3) is 12.3 Å². The molecule has 14 heavy (non-hydrogen) atoms. The van der Waals surface area contributed by atoms with Gasteiger partial charge in [-0.05, 0) is 28.1 Å². The zero-order valence-electron chi connectivity index (χ0n) is 7.34. The first-order valence-corrected chi connectivity index (χ1v) is 4.59. The lowest BCUT2D eigenvalue weighted by Crippen LogP contribution is -2.30. The Bertz CT molecular complexity index is 327. The van der Waals surface area contributed by atoms with Crippen molar-refractivity contribution in [2.75, 3.05) is 13.6 Å². The Morgan fingerprint density at radius 1 is 1.64 bits per heavy atom. The van der Waals surface area contributed by atoms with Crippen LogP contribution in [0.1, 0.15) is 10.6 Å². The normalized spacial score (nSPS) is 10.6. The highest BCUT2D eigenvalue weighted by molar-refractivity contribution is 9.10. The summed E-state index contributed by atoms with van der Waals surface area (Å²) in [6.45, 7) is -0.600. The van der Waals surface area contributed by atoms with E-state index >= 15 is 0 Å². The van der Waals surface area contributed by atoms with Crippen molar-refractivity contribution in [1.29, 1.82) is 0 Å². The molecule has 0 radical (unpaired) electrons. The van der Waals surface area contributed by atoms with E-state index < -0.39 is 18.9 Å². The van der Waals surface area contributed by atoms with E-state index in [2.05, 4.69) is 15.9 Å². The summed E-state index contributed by atoms with van der Waals surface area (Å²) in [5.74, 6) is -0.518. The van der Waals surface area contributed by atoms with E-state index in [1.165, 1.54) is 19.2 Å². The number of hydrogen-bond donors (Lipinski definition) is 0. The summed E-state index contributed by atoms with van der Waals surface area (Å²) in [5, 5.41) is 0. The summed E-state index contributed by atoms with van der Waals surface area (Å²) >= 11 is 3.01. The van der Waals surface area contributed by atoms with Crippen LogP contribution in [0.3, 0.4) is 0 Å². The molecule has 3 nitrogen and oxygen atoms in total. The lowest BCUT2D eigenvalue weighted by molar-refractivity contribution is 0.0592. The summed E-state index contributed by atoms with van der Waals surface area (Å²) in [6.07, 6.45) is -2.54. The minimum atomic E-state index is -2.54. The molecule has 0 N–H and O–H groups in total. The third kappa shape index (κ3) is 2.80. The summed E-state index contributed by atoms with van der Waals surface area (Å²) in [7, 11) is 1.30. The van der Waals surface area contributed by atoms with Crippen LogP contribution >= 0.6 is 15.9 Å². The van der Waals surface area contributed by atoms with E-state index in [0.717, 1.165) is 4.90 Å². The van der Waals surface area contributed by atoms with E-state index in [1.807, 2.05) is 0 Å². The van der Waals surface area contributed by atoms with E-state index in [-0.39, 0.29) is 5.76 Å². The molecule has 78 valence electrons. The maximum Gasteiger partial charge on any atom is 0.289 e. The van der Waals surface area contributed by atoms with Gasteiger partial charge in [0.2, 0.25) is 0 Å². The molecule has 0 aromatic carbocycles. The maximum absolute atomic E-state index is 11.9. The van der Waals surface area contributed by atoms with Crippen LogP contribution in [0, 0.1) is 0 Å². The van der Waals surface area contributed by atoms with Gasteiger partial charge in [0.05, 0.1) is 6.54 Å². The Labute approximate surface area is 87.8 Å². The molecular formula is C8H8BrF2NO2. The molecule has 0 spiro atoms. The molecule has 0 bridgehead atoms. The fourth-order valence-electron chi connectivity index (χ4n) is 0.907. The summed E-state index contributed by atoms with van der Waals surface area (Å²) < 4.78 is 29.2. The molecule has 1 rings (SSSR count). The maximum atomic E-state index is 11.9. The standard InChI is InChI=1S/C8H8BrF2NO2/c1-12(4-7(10)11)8(13)5-2-3-6(9)14-5/h2-3,7H,4H2,1H3. The Kier molecular flexibility index (Phi) is 3.62. The Hall–Kier alpha value is -0.910. The zero-order valence-corrected chi connectivity index (χ0v) is 8.92. The fourth-order valence-corrected chi connectivity index (χ4v) is 1.21. The third-order valence-electron chi connectivity index (χ3n) is 1.54. The van der Waals surface area contributed by atoms with Crippen molar-refractivity contribution in [2.24, 2.45) is 0 Å². The second-order valence-corrected chi connectivity index (χ2v) is 3.46. The predicted molar refractivity (Wildman–Crippen MR) is 49.4 cm³/mol. The van der Waals surface area contributed by atoms with Crippen LogP contribution in [0.25, 0.3) is 0 Å². The van der Waals surface area contributed by atoms with Gasteiger partial charge in [0.1, 0.15) is 0 Å². The van der Waals surface area contributed by atoms with Crippen LogP contribution in [-0.4, -0.2) is 30.8 Å². The topological polar surface area (TPSA) is 33.5 Å². The van der Waals surface area contributed by atoms with Crippen molar-refractivity contribution in [3.63, 3.8) is 0 Å². The number of amides is 1. The third-order valence-corrected chi connectivity index (χ3v) is 1.97. The SMILES string of the molecule is CN(CC(F)F)C(=O)c1ccc(Br)o1. The minimum Gasteiger partial charge on any atom is -0.444 e. The van der Waals surface area contributed by atoms with Crippen molar-refractivity contribution < 1.29 is 18.0 Å². The first kappa shape index (κ1) is 11.2. The molecule has 0 fully saturated rings. The van der Waals surface area contributed by atoms with Crippen LogP contribution in [0.5, 0.6) is 0 Å². The lowest BCUT2D eigenvalue weighted by atomic mass is 10.4. The van der Waals surface area contributed by atoms with E-state index in [0.29, 0.717) is 4.67 Å². The van der Waals surface area contributed by atoms with Crippen LogP contribution in [0.4, 0.5) is 8.78 Å². The quantitative estimate of drug-likeness (QED) is 0.843. The van der Waals surface area contributed by atoms with E-state index in [9.17, 15) is 13.6 Å². The molecule has 0 aliphatic heterocycles. The lowest BCUT2D eigenvalue weighted by Gasteiger charge is -2.14. The first-order valence-electron chi connectivity index (χ1n) is 3.79. The van der Waals surface area contributed by atoms with Crippen LogP contribution in [-0.2, 0) is 0 Å². The Morgan fingerprint density at radius 3 is 2.71 bits per heavy atom.